The first-order chi connectivity index (χ1) is 15.6. The third kappa shape index (κ3) is 3.49. The number of hydrogen-bond acceptors (Lipinski definition) is 5. The Morgan fingerprint density at radius 3 is 2.59 bits per heavy atom. The van der Waals surface area contributed by atoms with Gasteiger partial charge in [-0.1, -0.05) is 0 Å². The van der Waals surface area contributed by atoms with Gasteiger partial charge in [0.1, 0.15) is 11.5 Å². The van der Waals surface area contributed by atoms with Crippen molar-refractivity contribution in [3.05, 3.63) is 65.4 Å². The lowest BCUT2D eigenvalue weighted by Gasteiger charge is -2.26. The fraction of sp³-hybridized carbons (Fsp3) is 0.280. The number of ether oxygens (including phenoxy) is 2. The van der Waals surface area contributed by atoms with Crippen LogP contribution in [0.15, 0.2) is 52.9 Å². The summed E-state index contributed by atoms with van der Waals surface area (Å²) in [5.41, 5.74) is 3.34. The second kappa shape index (κ2) is 7.44. The average Bonchev–Trinajstić information content (AvgIpc) is 3.42. The standard InChI is InChI=1S/C25H22N2O5/c28-24(16-1-2-16)26-19-6-3-15(4-7-19)22-12-18-13-27(10-9-20(18)32-22)25(29)17-5-8-21-23(11-17)31-14-30-21/h3-8,11-12,16H,1-2,9-10,13-14H2,(H,26,28). The van der Waals surface area contributed by atoms with Crippen molar-refractivity contribution >= 4 is 17.5 Å². The molecule has 162 valence electrons. The summed E-state index contributed by atoms with van der Waals surface area (Å²) in [5, 5.41) is 2.95. The first-order valence-electron chi connectivity index (χ1n) is 10.9. The molecule has 0 radical (unpaired) electrons. The van der Waals surface area contributed by atoms with Crippen LogP contribution in [0.1, 0.15) is 34.5 Å². The highest BCUT2D eigenvalue weighted by molar-refractivity contribution is 5.95. The van der Waals surface area contributed by atoms with E-state index >= 15 is 0 Å². The van der Waals surface area contributed by atoms with Gasteiger partial charge < -0.3 is 24.1 Å². The van der Waals surface area contributed by atoms with Crippen LogP contribution in [0.3, 0.4) is 0 Å². The van der Waals surface area contributed by atoms with E-state index in [1.807, 2.05) is 35.2 Å². The van der Waals surface area contributed by atoms with Gasteiger partial charge in [0.05, 0.1) is 0 Å². The first-order valence-corrected chi connectivity index (χ1v) is 10.9. The number of carbonyl (C=O) groups is 2. The highest BCUT2D eigenvalue weighted by Crippen LogP contribution is 2.35. The Labute approximate surface area is 184 Å². The van der Waals surface area contributed by atoms with Gasteiger partial charge in [0.25, 0.3) is 5.91 Å². The molecule has 1 aromatic heterocycles. The molecule has 3 aromatic rings. The number of fused-ring (bicyclic) bond motifs is 2. The minimum absolute atomic E-state index is 0.0348. The molecule has 0 atom stereocenters. The molecule has 1 N–H and O–H groups in total. The fourth-order valence-electron chi connectivity index (χ4n) is 4.17. The molecule has 32 heavy (non-hydrogen) atoms. The van der Waals surface area contributed by atoms with E-state index < -0.39 is 0 Å². The number of rotatable bonds is 4. The topological polar surface area (TPSA) is 81.0 Å². The van der Waals surface area contributed by atoms with E-state index in [1.165, 1.54) is 0 Å². The smallest absolute Gasteiger partial charge is 0.254 e. The summed E-state index contributed by atoms with van der Waals surface area (Å²) >= 11 is 0. The summed E-state index contributed by atoms with van der Waals surface area (Å²) in [7, 11) is 0. The van der Waals surface area contributed by atoms with E-state index in [4.69, 9.17) is 13.9 Å². The minimum Gasteiger partial charge on any atom is -0.461 e. The Morgan fingerprint density at radius 1 is 0.969 bits per heavy atom. The van der Waals surface area contributed by atoms with Crippen molar-refractivity contribution in [1.29, 1.82) is 0 Å². The van der Waals surface area contributed by atoms with Crippen molar-refractivity contribution in [2.24, 2.45) is 5.92 Å². The van der Waals surface area contributed by atoms with Crippen LogP contribution in [-0.2, 0) is 17.8 Å². The zero-order chi connectivity index (χ0) is 21.7. The van der Waals surface area contributed by atoms with Gasteiger partial charge in [-0.25, -0.2) is 0 Å². The van der Waals surface area contributed by atoms with Gasteiger partial charge in [0, 0.05) is 47.8 Å². The number of furan rings is 1. The maximum absolute atomic E-state index is 13.0. The summed E-state index contributed by atoms with van der Waals surface area (Å²) in [4.78, 5) is 26.8. The van der Waals surface area contributed by atoms with Crippen LogP contribution >= 0.6 is 0 Å². The van der Waals surface area contributed by atoms with Crippen LogP contribution in [0.4, 0.5) is 5.69 Å². The number of carbonyl (C=O) groups excluding carboxylic acids is 2. The van der Waals surface area contributed by atoms with Crippen molar-refractivity contribution in [2.75, 3.05) is 18.7 Å². The predicted octanol–water partition coefficient (Wildman–Crippen LogP) is 4.22. The quantitative estimate of drug-likeness (QED) is 0.670. The van der Waals surface area contributed by atoms with Crippen molar-refractivity contribution in [3.8, 4) is 22.8 Å². The normalized spacial score (nSPS) is 16.6. The van der Waals surface area contributed by atoms with Crippen molar-refractivity contribution < 1.29 is 23.5 Å². The highest BCUT2D eigenvalue weighted by Gasteiger charge is 2.30. The van der Waals surface area contributed by atoms with E-state index in [1.54, 1.807) is 18.2 Å². The van der Waals surface area contributed by atoms with Gasteiger partial charge in [0.2, 0.25) is 12.7 Å². The third-order valence-electron chi connectivity index (χ3n) is 6.16. The zero-order valence-electron chi connectivity index (χ0n) is 17.4. The summed E-state index contributed by atoms with van der Waals surface area (Å²) in [6.07, 6.45) is 2.63. The van der Waals surface area contributed by atoms with Crippen LogP contribution in [0.2, 0.25) is 0 Å². The molecule has 3 aliphatic rings. The molecule has 7 nitrogen and oxygen atoms in total. The number of benzene rings is 2. The lowest BCUT2D eigenvalue weighted by atomic mass is 10.1. The van der Waals surface area contributed by atoms with Crippen molar-refractivity contribution in [1.82, 2.24) is 4.90 Å². The van der Waals surface area contributed by atoms with Crippen LogP contribution in [0.5, 0.6) is 11.5 Å². The largest absolute Gasteiger partial charge is 0.461 e. The molecule has 0 spiro atoms. The van der Waals surface area contributed by atoms with Gasteiger partial charge in [0.15, 0.2) is 11.5 Å². The number of nitrogens with zero attached hydrogens (tertiary/aromatic N) is 1. The molecule has 2 amide bonds. The van der Waals surface area contributed by atoms with Gasteiger partial charge in [-0.15, -0.1) is 0 Å². The third-order valence-corrected chi connectivity index (χ3v) is 6.16. The molecule has 2 aromatic carbocycles. The molecule has 7 heteroatoms. The maximum Gasteiger partial charge on any atom is 0.254 e. The SMILES string of the molecule is O=C(Nc1ccc(-c2cc3c(o2)CCN(C(=O)c2ccc4c(c2)OCO4)C3)cc1)C1CC1. The second-order valence-corrected chi connectivity index (χ2v) is 8.44. The summed E-state index contributed by atoms with van der Waals surface area (Å²) in [6, 6.07) is 15.0. The molecule has 3 heterocycles. The first kappa shape index (κ1) is 19.0. The van der Waals surface area contributed by atoms with Gasteiger partial charge in [-0.05, 0) is 61.4 Å². The lowest BCUT2D eigenvalue weighted by Crippen LogP contribution is -2.35. The molecule has 0 saturated heterocycles. The molecule has 2 aliphatic heterocycles. The fourth-order valence-corrected chi connectivity index (χ4v) is 4.17. The van der Waals surface area contributed by atoms with Crippen LogP contribution in [-0.4, -0.2) is 30.1 Å². The van der Waals surface area contributed by atoms with Gasteiger partial charge in [-0.3, -0.25) is 9.59 Å². The Kier molecular flexibility index (Phi) is 4.41. The number of amides is 2. The Morgan fingerprint density at radius 2 is 1.78 bits per heavy atom. The predicted molar refractivity (Wildman–Crippen MR) is 117 cm³/mol. The number of anilines is 1. The van der Waals surface area contributed by atoms with Gasteiger partial charge >= 0.3 is 0 Å². The van der Waals surface area contributed by atoms with Crippen LogP contribution < -0.4 is 14.8 Å². The van der Waals surface area contributed by atoms with E-state index in [-0.39, 0.29) is 24.5 Å². The van der Waals surface area contributed by atoms with E-state index in [0.29, 0.717) is 36.6 Å². The summed E-state index contributed by atoms with van der Waals surface area (Å²) < 4.78 is 16.8. The Balaban J connectivity index is 1.16. The molecule has 1 fully saturated rings. The maximum atomic E-state index is 13.0. The van der Waals surface area contributed by atoms with Crippen molar-refractivity contribution in [3.63, 3.8) is 0 Å². The number of nitrogens with one attached hydrogen (secondary N) is 1. The minimum atomic E-state index is -0.0348. The lowest BCUT2D eigenvalue weighted by molar-refractivity contribution is -0.117. The monoisotopic (exact) mass is 430 g/mol. The molecule has 0 bridgehead atoms. The van der Waals surface area contributed by atoms with E-state index in [2.05, 4.69) is 5.32 Å². The number of hydrogen-bond donors (Lipinski definition) is 1. The molecule has 0 unspecified atom stereocenters. The summed E-state index contributed by atoms with van der Waals surface area (Å²) in [6.45, 7) is 1.28. The van der Waals surface area contributed by atoms with Crippen molar-refractivity contribution in [2.45, 2.75) is 25.8 Å². The van der Waals surface area contributed by atoms with Gasteiger partial charge in [-0.2, -0.15) is 0 Å². The Bertz CT molecular complexity index is 1210. The second-order valence-electron chi connectivity index (χ2n) is 8.44. The molecule has 1 saturated carbocycles. The summed E-state index contributed by atoms with van der Waals surface area (Å²) in [5.74, 6) is 3.20. The highest BCUT2D eigenvalue weighted by atomic mass is 16.7. The average molecular weight is 430 g/mol. The molecule has 1 aliphatic carbocycles. The van der Waals surface area contributed by atoms with E-state index in [0.717, 1.165) is 41.2 Å². The molecular weight excluding hydrogens is 408 g/mol. The Hall–Kier alpha value is -3.74. The van der Waals surface area contributed by atoms with Crippen LogP contribution in [0, 0.1) is 5.92 Å². The van der Waals surface area contributed by atoms with E-state index in [9.17, 15) is 9.59 Å². The van der Waals surface area contributed by atoms with Crippen LogP contribution in [0.25, 0.3) is 11.3 Å². The molecular formula is C25H22N2O5. The molecule has 6 rings (SSSR count). The zero-order valence-corrected chi connectivity index (χ0v) is 17.4.